The quantitative estimate of drug-likeness (QED) is 0.887. The Kier molecular flexibility index (Phi) is 4.39. The van der Waals surface area contributed by atoms with Crippen LogP contribution in [0.1, 0.15) is 47.7 Å². The van der Waals surface area contributed by atoms with Gasteiger partial charge in [-0.05, 0) is 36.8 Å². The van der Waals surface area contributed by atoms with Gasteiger partial charge < -0.3 is 5.32 Å². The van der Waals surface area contributed by atoms with Crippen molar-refractivity contribution in [3.8, 4) is 0 Å². The van der Waals surface area contributed by atoms with E-state index < -0.39 is 0 Å². The van der Waals surface area contributed by atoms with Crippen LogP contribution < -0.4 is 5.32 Å². The number of thiophene rings is 1. The molecule has 1 saturated carbocycles. The fourth-order valence-electron chi connectivity index (χ4n) is 2.98. The van der Waals surface area contributed by atoms with E-state index in [0.29, 0.717) is 0 Å². The van der Waals surface area contributed by atoms with Crippen molar-refractivity contribution in [2.24, 2.45) is 5.92 Å². The smallest absolute Gasteiger partial charge is 0.223 e. The predicted octanol–water partition coefficient (Wildman–Crippen LogP) is 4.45. The van der Waals surface area contributed by atoms with Crippen LogP contribution in [0.25, 0.3) is 0 Å². The number of hydrogen-bond acceptors (Lipinski definition) is 2. The van der Waals surface area contributed by atoms with Gasteiger partial charge in [-0.1, -0.05) is 48.7 Å². The average molecular weight is 299 g/mol. The number of rotatable bonds is 4. The summed E-state index contributed by atoms with van der Waals surface area (Å²) in [5.74, 6) is 0.421. The van der Waals surface area contributed by atoms with Gasteiger partial charge >= 0.3 is 0 Å². The molecule has 1 atom stereocenters. The Labute approximate surface area is 130 Å². The van der Waals surface area contributed by atoms with E-state index in [4.69, 9.17) is 0 Å². The van der Waals surface area contributed by atoms with Crippen LogP contribution >= 0.6 is 11.3 Å². The van der Waals surface area contributed by atoms with Gasteiger partial charge in [0.25, 0.3) is 0 Å². The third-order valence-corrected chi connectivity index (χ3v) is 5.19. The number of carbonyl (C=O) groups is 1. The molecule has 21 heavy (non-hydrogen) atoms. The van der Waals surface area contributed by atoms with Crippen molar-refractivity contribution in [2.45, 2.75) is 38.6 Å². The molecular formula is C18H21NOS. The number of carbonyl (C=O) groups excluding carboxylic acids is 1. The lowest BCUT2D eigenvalue weighted by molar-refractivity contribution is -0.125. The molecule has 3 heteroatoms. The third kappa shape index (κ3) is 3.35. The van der Waals surface area contributed by atoms with E-state index in [9.17, 15) is 4.79 Å². The minimum Gasteiger partial charge on any atom is -0.344 e. The maximum atomic E-state index is 12.5. The van der Waals surface area contributed by atoms with Crippen molar-refractivity contribution in [3.05, 3.63) is 57.8 Å². The molecule has 2 nitrogen and oxygen atoms in total. The molecule has 2 aromatic rings. The molecule has 1 N–H and O–H groups in total. The number of amides is 1. The second kappa shape index (κ2) is 6.44. The van der Waals surface area contributed by atoms with Crippen LogP contribution in [0, 0.1) is 12.8 Å². The summed E-state index contributed by atoms with van der Waals surface area (Å²) in [7, 11) is 0. The van der Waals surface area contributed by atoms with Crippen molar-refractivity contribution < 1.29 is 4.79 Å². The van der Waals surface area contributed by atoms with Crippen LogP contribution in [0.4, 0.5) is 0 Å². The Hall–Kier alpha value is -1.61. The summed E-state index contributed by atoms with van der Waals surface area (Å²) < 4.78 is 0. The van der Waals surface area contributed by atoms with Crippen molar-refractivity contribution in [3.63, 3.8) is 0 Å². The van der Waals surface area contributed by atoms with E-state index >= 15 is 0 Å². The van der Waals surface area contributed by atoms with Gasteiger partial charge in [0.15, 0.2) is 0 Å². The van der Waals surface area contributed by atoms with E-state index in [-0.39, 0.29) is 17.9 Å². The molecule has 1 heterocycles. The van der Waals surface area contributed by atoms with Gasteiger partial charge in [-0.15, -0.1) is 11.3 Å². The first-order chi connectivity index (χ1) is 10.2. The molecule has 1 aromatic carbocycles. The molecular weight excluding hydrogens is 278 g/mol. The van der Waals surface area contributed by atoms with E-state index in [1.165, 1.54) is 23.3 Å². The lowest BCUT2D eigenvalue weighted by Crippen LogP contribution is -2.33. The van der Waals surface area contributed by atoms with Gasteiger partial charge in [0.2, 0.25) is 5.91 Å². The molecule has 0 radical (unpaired) electrons. The molecule has 0 bridgehead atoms. The fourth-order valence-corrected chi connectivity index (χ4v) is 3.78. The van der Waals surface area contributed by atoms with Crippen LogP contribution in [0.5, 0.6) is 0 Å². The van der Waals surface area contributed by atoms with Gasteiger partial charge in [-0.2, -0.15) is 0 Å². The van der Waals surface area contributed by atoms with Gasteiger partial charge in [0.1, 0.15) is 0 Å². The normalized spacial score (nSPS) is 16.8. The Morgan fingerprint density at radius 1 is 1.19 bits per heavy atom. The summed E-state index contributed by atoms with van der Waals surface area (Å²) in [6.07, 6.45) is 4.45. The van der Waals surface area contributed by atoms with Crippen LogP contribution in [0.15, 0.2) is 41.8 Å². The summed E-state index contributed by atoms with van der Waals surface area (Å²) in [4.78, 5) is 13.7. The molecule has 1 aliphatic carbocycles. The first-order valence-electron chi connectivity index (χ1n) is 7.64. The van der Waals surface area contributed by atoms with Crippen LogP contribution in [0.3, 0.4) is 0 Å². The largest absolute Gasteiger partial charge is 0.344 e. The molecule has 0 aliphatic heterocycles. The van der Waals surface area contributed by atoms with E-state index in [1.54, 1.807) is 11.3 Å². The van der Waals surface area contributed by atoms with Gasteiger partial charge in [0, 0.05) is 10.8 Å². The lowest BCUT2D eigenvalue weighted by Gasteiger charge is -2.20. The minimum absolute atomic E-state index is 0.0151. The Balaban J connectivity index is 1.82. The molecule has 1 aliphatic rings. The van der Waals surface area contributed by atoms with E-state index in [2.05, 4.69) is 48.0 Å². The fraction of sp³-hybridized carbons (Fsp3) is 0.389. The van der Waals surface area contributed by atoms with Crippen molar-refractivity contribution in [2.75, 3.05) is 0 Å². The van der Waals surface area contributed by atoms with E-state index in [1.807, 2.05) is 6.07 Å². The van der Waals surface area contributed by atoms with E-state index in [0.717, 1.165) is 18.4 Å². The van der Waals surface area contributed by atoms with Gasteiger partial charge in [-0.25, -0.2) is 0 Å². The number of nitrogens with one attached hydrogen (secondary N) is 1. The molecule has 1 aromatic heterocycles. The average Bonchev–Trinajstić information content (AvgIpc) is 3.19. The first kappa shape index (κ1) is 14.3. The van der Waals surface area contributed by atoms with Crippen molar-refractivity contribution in [1.82, 2.24) is 5.32 Å². The minimum atomic E-state index is -0.0151. The maximum absolute atomic E-state index is 12.5. The molecule has 0 saturated heterocycles. The lowest BCUT2D eigenvalue weighted by atomic mass is 10.0. The molecule has 3 rings (SSSR count). The van der Waals surface area contributed by atoms with Crippen molar-refractivity contribution >= 4 is 17.2 Å². The van der Waals surface area contributed by atoms with Crippen LogP contribution in [-0.4, -0.2) is 5.91 Å². The highest BCUT2D eigenvalue weighted by Gasteiger charge is 2.26. The topological polar surface area (TPSA) is 29.1 Å². The summed E-state index contributed by atoms with van der Waals surface area (Å²) >= 11 is 1.70. The number of aryl methyl sites for hydroxylation is 1. The second-order valence-corrected chi connectivity index (χ2v) is 6.83. The zero-order valence-electron chi connectivity index (χ0n) is 12.3. The summed E-state index contributed by atoms with van der Waals surface area (Å²) in [6.45, 7) is 2.08. The highest BCUT2D eigenvalue weighted by atomic mass is 32.1. The van der Waals surface area contributed by atoms with Gasteiger partial charge in [0.05, 0.1) is 6.04 Å². The summed E-state index contributed by atoms with van der Waals surface area (Å²) in [5, 5.41) is 5.34. The molecule has 0 unspecified atom stereocenters. The standard InChI is InChI=1S/C18H21NOS/c1-13-8-10-14(11-9-13)17(16-7-4-12-21-16)19-18(20)15-5-2-3-6-15/h4,7-12,15,17H,2-3,5-6H2,1H3,(H,19,20)/t17-/m1/s1. The monoisotopic (exact) mass is 299 g/mol. The van der Waals surface area contributed by atoms with Crippen LogP contribution in [0.2, 0.25) is 0 Å². The SMILES string of the molecule is Cc1ccc([C@@H](NC(=O)C2CCCC2)c2cccs2)cc1. The molecule has 1 fully saturated rings. The Bertz CT molecular complexity index is 582. The maximum Gasteiger partial charge on any atom is 0.223 e. The first-order valence-corrected chi connectivity index (χ1v) is 8.52. The van der Waals surface area contributed by atoms with Crippen LogP contribution in [-0.2, 0) is 4.79 Å². The highest BCUT2D eigenvalue weighted by molar-refractivity contribution is 7.10. The third-order valence-electron chi connectivity index (χ3n) is 4.25. The summed E-state index contributed by atoms with van der Waals surface area (Å²) in [6, 6.07) is 12.6. The summed E-state index contributed by atoms with van der Waals surface area (Å²) in [5.41, 5.74) is 2.40. The molecule has 0 spiro atoms. The highest BCUT2D eigenvalue weighted by Crippen LogP contribution is 2.29. The molecule has 1 amide bonds. The Morgan fingerprint density at radius 3 is 2.52 bits per heavy atom. The predicted molar refractivity (Wildman–Crippen MR) is 87.4 cm³/mol. The zero-order chi connectivity index (χ0) is 14.7. The molecule has 110 valence electrons. The second-order valence-electron chi connectivity index (χ2n) is 5.85. The van der Waals surface area contributed by atoms with Gasteiger partial charge in [-0.3, -0.25) is 4.79 Å². The van der Waals surface area contributed by atoms with Crippen molar-refractivity contribution in [1.29, 1.82) is 0 Å². The Morgan fingerprint density at radius 2 is 1.90 bits per heavy atom. The number of hydrogen-bond donors (Lipinski definition) is 1. The zero-order valence-corrected chi connectivity index (χ0v) is 13.2. The number of benzene rings is 1.